The summed E-state index contributed by atoms with van der Waals surface area (Å²) >= 11 is 2.97. The van der Waals surface area contributed by atoms with Crippen molar-refractivity contribution in [3.8, 4) is 6.07 Å². The minimum absolute atomic E-state index is 0.113. The number of carbonyl (C=O) groups excluding carboxylic acids is 1. The lowest BCUT2D eigenvalue weighted by Crippen LogP contribution is -2.14. The molecular formula is C21H20N4OS2. The van der Waals surface area contributed by atoms with Crippen LogP contribution in [0.25, 0.3) is 10.9 Å². The molecule has 5 nitrogen and oxygen atoms in total. The Kier molecular flexibility index (Phi) is 5.60. The molecule has 1 N–H and O–H groups in total. The number of nitrogens with one attached hydrogen (secondary N) is 1. The molecule has 2 heterocycles. The van der Waals surface area contributed by atoms with Crippen molar-refractivity contribution >= 4 is 44.9 Å². The van der Waals surface area contributed by atoms with Crippen LogP contribution in [-0.2, 0) is 17.6 Å². The van der Waals surface area contributed by atoms with Gasteiger partial charge in [-0.2, -0.15) is 5.26 Å². The zero-order chi connectivity index (χ0) is 19.5. The van der Waals surface area contributed by atoms with E-state index in [1.54, 1.807) is 11.3 Å². The summed E-state index contributed by atoms with van der Waals surface area (Å²) in [5, 5.41) is 15.0. The van der Waals surface area contributed by atoms with E-state index < -0.39 is 0 Å². The minimum Gasteiger partial charge on any atom is -0.316 e. The van der Waals surface area contributed by atoms with Gasteiger partial charge < -0.3 is 5.32 Å². The lowest BCUT2D eigenvalue weighted by atomic mass is 10.1. The Labute approximate surface area is 172 Å². The van der Waals surface area contributed by atoms with Crippen LogP contribution in [0.3, 0.4) is 0 Å². The van der Waals surface area contributed by atoms with Crippen molar-refractivity contribution in [2.24, 2.45) is 0 Å². The van der Waals surface area contributed by atoms with Crippen molar-refractivity contribution in [3.63, 3.8) is 0 Å². The second-order valence-electron chi connectivity index (χ2n) is 6.81. The largest absolute Gasteiger partial charge is 0.316 e. The van der Waals surface area contributed by atoms with Crippen LogP contribution >= 0.6 is 23.1 Å². The van der Waals surface area contributed by atoms with Crippen LogP contribution in [0, 0.1) is 18.3 Å². The lowest BCUT2D eigenvalue weighted by molar-refractivity contribution is -0.113. The van der Waals surface area contributed by atoms with Crippen molar-refractivity contribution < 1.29 is 4.79 Å². The van der Waals surface area contributed by atoms with Crippen molar-refractivity contribution in [2.75, 3.05) is 11.1 Å². The van der Waals surface area contributed by atoms with E-state index in [4.69, 9.17) is 0 Å². The molecule has 0 unspecified atom stereocenters. The first kappa shape index (κ1) is 18.9. The van der Waals surface area contributed by atoms with Crippen molar-refractivity contribution in [1.82, 2.24) is 9.97 Å². The molecule has 0 saturated heterocycles. The van der Waals surface area contributed by atoms with Crippen LogP contribution in [0.15, 0.2) is 29.3 Å². The third kappa shape index (κ3) is 3.89. The third-order valence-corrected chi connectivity index (χ3v) is 7.00. The summed E-state index contributed by atoms with van der Waals surface area (Å²) in [6, 6.07) is 10.1. The molecule has 4 rings (SSSR count). The fraction of sp³-hybridized carbons (Fsp3) is 0.333. The van der Waals surface area contributed by atoms with Gasteiger partial charge in [-0.3, -0.25) is 4.79 Å². The molecule has 0 fully saturated rings. The number of para-hydroxylation sites is 1. The van der Waals surface area contributed by atoms with E-state index in [1.807, 2.05) is 31.2 Å². The number of rotatable bonds is 4. The number of hydrogen-bond donors (Lipinski definition) is 1. The molecular weight excluding hydrogens is 388 g/mol. The highest BCUT2D eigenvalue weighted by atomic mass is 32.2. The van der Waals surface area contributed by atoms with Crippen LogP contribution in [0.5, 0.6) is 0 Å². The van der Waals surface area contributed by atoms with E-state index in [2.05, 4.69) is 21.4 Å². The second-order valence-corrected chi connectivity index (χ2v) is 8.88. The molecule has 1 aromatic carbocycles. The van der Waals surface area contributed by atoms with Gasteiger partial charge in [0.15, 0.2) is 0 Å². The molecule has 1 aliphatic carbocycles. The fourth-order valence-corrected chi connectivity index (χ4v) is 5.63. The summed E-state index contributed by atoms with van der Waals surface area (Å²) in [6.07, 6.45) is 5.41. The first-order chi connectivity index (χ1) is 13.7. The van der Waals surface area contributed by atoms with Gasteiger partial charge in [0.1, 0.15) is 21.9 Å². The summed E-state index contributed by atoms with van der Waals surface area (Å²) in [4.78, 5) is 22.8. The zero-order valence-electron chi connectivity index (χ0n) is 15.6. The van der Waals surface area contributed by atoms with Crippen LogP contribution in [0.1, 0.15) is 41.1 Å². The average Bonchev–Trinajstić information content (AvgIpc) is 2.85. The number of aromatic nitrogens is 2. The smallest absolute Gasteiger partial charge is 0.235 e. The molecule has 2 aromatic heterocycles. The van der Waals surface area contributed by atoms with E-state index in [0.29, 0.717) is 16.4 Å². The summed E-state index contributed by atoms with van der Waals surface area (Å²) < 4.78 is 0. The van der Waals surface area contributed by atoms with Gasteiger partial charge in [0.25, 0.3) is 0 Å². The van der Waals surface area contributed by atoms with E-state index in [0.717, 1.165) is 47.2 Å². The van der Waals surface area contributed by atoms with Crippen LogP contribution in [-0.4, -0.2) is 21.6 Å². The number of nitrogens with zero attached hydrogens (tertiary/aromatic N) is 3. The Morgan fingerprint density at radius 3 is 2.93 bits per heavy atom. The number of anilines is 1. The number of thiophene rings is 1. The highest BCUT2D eigenvalue weighted by Crippen LogP contribution is 2.37. The quantitative estimate of drug-likeness (QED) is 0.378. The Hall–Kier alpha value is -2.43. The van der Waals surface area contributed by atoms with Crippen molar-refractivity contribution in [3.05, 3.63) is 46.1 Å². The number of carbonyl (C=O) groups is 1. The number of nitriles is 1. The highest BCUT2D eigenvalue weighted by molar-refractivity contribution is 8.00. The molecule has 142 valence electrons. The number of amides is 1. The predicted octanol–water partition coefficient (Wildman–Crippen LogP) is 4.87. The Morgan fingerprint density at radius 2 is 2.07 bits per heavy atom. The van der Waals surface area contributed by atoms with Gasteiger partial charge in [-0.15, -0.1) is 11.3 Å². The number of fused-ring (bicyclic) bond motifs is 2. The summed E-state index contributed by atoms with van der Waals surface area (Å²) in [5.41, 5.74) is 2.68. The number of benzene rings is 1. The lowest BCUT2D eigenvalue weighted by Gasteiger charge is -2.07. The van der Waals surface area contributed by atoms with E-state index >= 15 is 0 Å². The van der Waals surface area contributed by atoms with Crippen LogP contribution in [0.4, 0.5) is 5.00 Å². The van der Waals surface area contributed by atoms with E-state index in [1.165, 1.54) is 23.1 Å². The van der Waals surface area contributed by atoms with Gasteiger partial charge in [-0.05, 0) is 44.2 Å². The standard InChI is InChI=1S/C21H20N4OS2/c1-13-23-17-9-6-5-8-15(17)20(24-13)27-12-19(26)25-21-16(11-22)14-7-3-2-4-10-18(14)28-21/h5-6,8-9H,2-4,7,10,12H2,1H3,(H,25,26). The molecule has 0 radical (unpaired) electrons. The van der Waals surface area contributed by atoms with Crippen LogP contribution in [0.2, 0.25) is 0 Å². The zero-order valence-corrected chi connectivity index (χ0v) is 17.3. The van der Waals surface area contributed by atoms with E-state index in [9.17, 15) is 10.1 Å². The number of aryl methyl sites for hydroxylation is 2. The van der Waals surface area contributed by atoms with Gasteiger partial charge in [-0.25, -0.2) is 9.97 Å². The maximum Gasteiger partial charge on any atom is 0.235 e. The summed E-state index contributed by atoms with van der Waals surface area (Å²) in [6.45, 7) is 1.86. The SMILES string of the molecule is Cc1nc(SCC(=O)Nc2sc3c(c2C#N)CCCCC3)c2ccccc2n1. The number of hydrogen-bond acceptors (Lipinski definition) is 6. The number of thioether (sulfide) groups is 1. The van der Waals surface area contributed by atoms with Crippen LogP contribution < -0.4 is 5.32 Å². The first-order valence-electron chi connectivity index (χ1n) is 9.36. The Morgan fingerprint density at radius 1 is 1.25 bits per heavy atom. The van der Waals surface area contributed by atoms with Gasteiger partial charge in [0.2, 0.25) is 5.91 Å². The average molecular weight is 409 g/mol. The van der Waals surface area contributed by atoms with Gasteiger partial charge in [-0.1, -0.05) is 36.4 Å². The summed E-state index contributed by atoms with van der Waals surface area (Å²) in [7, 11) is 0. The molecule has 28 heavy (non-hydrogen) atoms. The molecule has 0 bridgehead atoms. The van der Waals surface area contributed by atoms with Crippen molar-refractivity contribution in [1.29, 1.82) is 5.26 Å². The molecule has 1 aliphatic rings. The Balaban J connectivity index is 1.50. The van der Waals surface area contributed by atoms with Gasteiger partial charge in [0, 0.05) is 10.3 Å². The molecule has 0 spiro atoms. The van der Waals surface area contributed by atoms with Gasteiger partial charge >= 0.3 is 0 Å². The Bertz CT molecular complexity index is 1080. The fourth-order valence-electron chi connectivity index (χ4n) is 3.51. The molecule has 1 amide bonds. The maximum atomic E-state index is 12.6. The molecule has 0 saturated carbocycles. The predicted molar refractivity (Wildman–Crippen MR) is 114 cm³/mol. The molecule has 0 atom stereocenters. The molecule has 0 aliphatic heterocycles. The van der Waals surface area contributed by atoms with Gasteiger partial charge in [0.05, 0.1) is 16.8 Å². The molecule has 7 heteroatoms. The van der Waals surface area contributed by atoms with Crippen molar-refractivity contribution in [2.45, 2.75) is 44.1 Å². The minimum atomic E-state index is -0.113. The maximum absolute atomic E-state index is 12.6. The molecule has 3 aromatic rings. The third-order valence-electron chi connectivity index (χ3n) is 4.81. The second kappa shape index (κ2) is 8.29. The van der Waals surface area contributed by atoms with E-state index in [-0.39, 0.29) is 11.7 Å². The highest BCUT2D eigenvalue weighted by Gasteiger charge is 2.21. The monoisotopic (exact) mass is 408 g/mol. The summed E-state index contributed by atoms with van der Waals surface area (Å²) in [5.74, 6) is 0.821. The normalized spacial score (nSPS) is 13.6. The first-order valence-corrected chi connectivity index (χ1v) is 11.2. The topological polar surface area (TPSA) is 78.7 Å².